The molecule has 0 aliphatic rings. The maximum Gasteiger partial charge on any atom is 0.323 e. The van der Waals surface area contributed by atoms with Gasteiger partial charge < -0.3 is 10.0 Å². The summed E-state index contributed by atoms with van der Waals surface area (Å²) in [6.45, 7) is 4.69. The molecule has 0 heterocycles. The van der Waals surface area contributed by atoms with Crippen LogP contribution < -0.4 is 0 Å². The number of aliphatic carboxylic acids is 1. The van der Waals surface area contributed by atoms with Gasteiger partial charge in [0.05, 0.1) is 15.7 Å². The number of carbonyl (C=O) groups excluding carboxylic acids is 1. The third-order valence-electron chi connectivity index (χ3n) is 3.15. The first-order valence-electron chi connectivity index (χ1n) is 7.05. The van der Waals surface area contributed by atoms with Gasteiger partial charge in [0.25, 0.3) is 5.91 Å². The number of sulfone groups is 1. The van der Waals surface area contributed by atoms with Crippen molar-refractivity contribution < 1.29 is 23.1 Å². The van der Waals surface area contributed by atoms with E-state index in [1.165, 1.54) is 26.0 Å². The van der Waals surface area contributed by atoms with Gasteiger partial charge in [-0.1, -0.05) is 19.1 Å². The standard InChI is InChI=1S/C15H21NO5S/c1-4-9-16(10-14(17)18)15(19)12-7-5-6-8-13(12)22(20,21)11(2)3/h5-8,11H,4,9-10H2,1-3H3,(H,17,18). The fraction of sp³-hybridized carbons (Fsp3) is 0.467. The van der Waals surface area contributed by atoms with E-state index in [4.69, 9.17) is 5.11 Å². The zero-order valence-electron chi connectivity index (χ0n) is 12.9. The highest BCUT2D eigenvalue weighted by Crippen LogP contribution is 2.22. The Hall–Kier alpha value is -1.89. The van der Waals surface area contributed by atoms with Crippen molar-refractivity contribution in [1.29, 1.82) is 0 Å². The number of benzene rings is 1. The monoisotopic (exact) mass is 327 g/mol. The second-order valence-corrected chi connectivity index (χ2v) is 7.68. The third kappa shape index (κ3) is 4.07. The van der Waals surface area contributed by atoms with Crippen molar-refractivity contribution >= 4 is 21.7 Å². The molecule has 1 N–H and O–H groups in total. The minimum atomic E-state index is -3.62. The van der Waals surface area contributed by atoms with Gasteiger partial charge in [0.1, 0.15) is 6.54 Å². The van der Waals surface area contributed by atoms with Crippen LogP contribution in [0.15, 0.2) is 29.2 Å². The lowest BCUT2D eigenvalue weighted by Crippen LogP contribution is -2.37. The fourth-order valence-electron chi connectivity index (χ4n) is 2.00. The highest BCUT2D eigenvalue weighted by atomic mass is 32.2. The molecule has 0 aliphatic carbocycles. The second-order valence-electron chi connectivity index (χ2n) is 5.21. The Morgan fingerprint density at radius 1 is 1.23 bits per heavy atom. The van der Waals surface area contributed by atoms with Crippen molar-refractivity contribution in [2.75, 3.05) is 13.1 Å². The largest absolute Gasteiger partial charge is 0.480 e. The highest BCUT2D eigenvalue weighted by molar-refractivity contribution is 7.92. The summed E-state index contributed by atoms with van der Waals surface area (Å²) in [5.41, 5.74) is 0.0194. The minimum Gasteiger partial charge on any atom is -0.480 e. The predicted molar refractivity (Wildman–Crippen MR) is 82.6 cm³/mol. The number of carboxylic acid groups (broad SMARTS) is 1. The molecule has 0 spiro atoms. The fourth-order valence-corrected chi connectivity index (χ4v) is 3.24. The van der Waals surface area contributed by atoms with E-state index in [1.807, 2.05) is 6.92 Å². The van der Waals surface area contributed by atoms with E-state index in [1.54, 1.807) is 12.1 Å². The number of hydrogen-bond acceptors (Lipinski definition) is 4. The Kier molecular flexibility index (Phi) is 6.11. The van der Waals surface area contributed by atoms with Gasteiger partial charge in [-0.05, 0) is 32.4 Å². The van der Waals surface area contributed by atoms with Crippen molar-refractivity contribution in [1.82, 2.24) is 4.90 Å². The molecule has 0 unspecified atom stereocenters. The summed E-state index contributed by atoms with van der Waals surface area (Å²) < 4.78 is 24.7. The van der Waals surface area contributed by atoms with E-state index in [-0.39, 0.29) is 17.0 Å². The number of hydrogen-bond donors (Lipinski definition) is 1. The minimum absolute atomic E-state index is 0.0194. The van der Waals surface area contributed by atoms with E-state index in [0.717, 1.165) is 4.90 Å². The van der Waals surface area contributed by atoms with Crippen molar-refractivity contribution in [2.24, 2.45) is 0 Å². The summed E-state index contributed by atoms with van der Waals surface area (Å²) in [6.07, 6.45) is 0.581. The molecule has 0 aromatic heterocycles. The van der Waals surface area contributed by atoms with Gasteiger partial charge in [0.2, 0.25) is 0 Å². The number of carboxylic acids is 1. The first kappa shape index (κ1) is 18.2. The number of carbonyl (C=O) groups is 2. The maximum atomic E-state index is 12.6. The lowest BCUT2D eigenvalue weighted by Gasteiger charge is -2.22. The first-order chi connectivity index (χ1) is 10.2. The number of nitrogens with zero attached hydrogens (tertiary/aromatic N) is 1. The van der Waals surface area contributed by atoms with Gasteiger partial charge in [-0.25, -0.2) is 8.42 Å². The van der Waals surface area contributed by atoms with Crippen LogP contribution in [-0.4, -0.2) is 48.6 Å². The van der Waals surface area contributed by atoms with Crippen LogP contribution in [0.2, 0.25) is 0 Å². The lowest BCUT2D eigenvalue weighted by molar-refractivity contribution is -0.137. The molecule has 1 aromatic rings. The van der Waals surface area contributed by atoms with Crippen LogP contribution in [0.4, 0.5) is 0 Å². The van der Waals surface area contributed by atoms with Crippen LogP contribution in [0.3, 0.4) is 0 Å². The Bertz CT molecular complexity index is 652. The molecular weight excluding hydrogens is 306 g/mol. The van der Waals surface area contributed by atoms with Crippen LogP contribution in [0.1, 0.15) is 37.6 Å². The summed E-state index contributed by atoms with van der Waals surface area (Å²) in [7, 11) is -3.62. The molecule has 0 bridgehead atoms. The Labute approximate surface area is 130 Å². The molecular formula is C15H21NO5S. The van der Waals surface area contributed by atoms with Crippen LogP contribution in [0, 0.1) is 0 Å². The molecule has 122 valence electrons. The zero-order valence-corrected chi connectivity index (χ0v) is 13.8. The van der Waals surface area contributed by atoms with E-state index in [9.17, 15) is 18.0 Å². The molecule has 0 fully saturated rings. The third-order valence-corrected chi connectivity index (χ3v) is 5.36. The molecule has 1 amide bonds. The molecule has 1 aromatic carbocycles. The van der Waals surface area contributed by atoms with E-state index < -0.39 is 33.5 Å². The molecule has 22 heavy (non-hydrogen) atoms. The molecule has 6 nitrogen and oxygen atoms in total. The quantitative estimate of drug-likeness (QED) is 0.824. The van der Waals surface area contributed by atoms with Gasteiger partial charge in [-0.3, -0.25) is 9.59 Å². The number of amides is 1. The summed E-state index contributed by atoms with van der Waals surface area (Å²) in [4.78, 5) is 24.6. The topological polar surface area (TPSA) is 91.8 Å². The molecule has 0 saturated carbocycles. The molecule has 0 radical (unpaired) electrons. The zero-order chi connectivity index (χ0) is 16.9. The van der Waals surface area contributed by atoms with Crippen LogP contribution >= 0.6 is 0 Å². The van der Waals surface area contributed by atoms with Crippen LogP contribution in [0.5, 0.6) is 0 Å². The van der Waals surface area contributed by atoms with Crippen molar-refractivity contribution in [3.05, 3.63) is 29.8 Å². The smallest absolute Gasteiger partial charge is 0.323 e. The van der Waals surface area contributed by atoms with Gasteiger partial charge in [0.15, 0.2) is 9.84 Å². The second kappa shape index (κ2) is 7.40. The van der Waals surface area contributed by atoms with E-state index >= 15 is 0 Å². The SMILES string of the molecule is CCCN(CC(=O)O)C(=O)c1ccccc1S(=O)(=O)C(C)C. The van der Waals surface area contributed by atoms with Gasteiger partial charge in [-0.2, -0.15) is 0 Å². The van der Waals surface area contributed by atoms with E-state index in [0.29, 0.717) is 6.42 Å². The van der Waals surface area contributed by atoms with Crippen LogP contribution in [-0.2, 0) is 14.6 Å². The lowest BCUT2D eigenvalue weighted by atomic mass is 10.2. The Balaban J connectivity index is 3.31. The molecule has 1 rings (SSSR count). The van der Waals surface area contributed by atoms with Crippen molar-refractivity contribution in [3.63, 3.8) is 0 Å². The summed E-state index contributed by atoms with van der Waals surface area (Å²) in [5.74, 6) is -1.71. The van der Waals surface area contributed by atoms with Gasteiger partial charge in [0, 0.05) is 6.54 Å². The average Bonchev–Trinajstić information content (AvgIpc) is 2.45. The molecule has 7 heteroatoms. The Morgan fingerprint density at radius 3 is 2.32 bits per heavy atom. The molecule has 0 aliphatic heterocycles. The van der Waals surface area contributed by atoms with Gasteiger partial charge >= 0.3 is 5.97 Å². The average molecular weight is 327 g/mol. The molecule has 0 atom stereocenters. The van der Waals surface area contributed by atoms with Crippen molar-refractivity contribution in [2.45, 2.75) is 37.3 Å². The van der Waals surface area contributed by atoms with Gasteiger partial charge in [-0.15, -0.1) is 0 Å². The van der Waals surface area contributed by atoms with Crippen LogP contribution in [0.25, 0.3) is 0 Å². The Morgan fingerprint density at radius 2 is 1.82 bits per heavy atom. The van der Waals surface area contributed by atoms with Crippen molar-refractivity contribution in [3.8, 4) is 0 Å². The summed E-state index contributed by atoms with van der Waals surface area (Å²) in [6, 6.07) is 5.92. The summed E-state index contributed by atoms with van der Waals surface area (Å²) in [5, 5.41) is 8.25. The summed E-state index contributed by atoms with van der Waals surface area (Å²) >= 11 is 0. The number of rotatable bonds is 7. The predicted octanol–water partition coefficient (Wildman–Crippen LogP) is 1.81. The molecule has 0 saturated heterocycles. The normalized spacial score (nSPS) is 11.5. The van der Waals surface area contributed by atoms with E-state index in [2.05, 4.69) is 0 Å². The first-order valence-corrected chi connectivity index (χ1v) is 8.60. The maximum absolute atomic E-state index is 12.6. The highest BCUT2D eigenvalue weighted by Gasteiger charge is 2.27.